The van der Waals surface area contributed by atoms with Crippen LogP contribution in [-0.4, -0.2) is 57.4 Å². The summed E-state index contributed by atoms with van der Waals surface area (Å²) in [5, 5.41) is 10.9. The minimum atomic E-state index is 0.695. The molecule has 1 aromatic heterocycles. The standard InChI is InChI=1S/C20H28N4O2S/c1-21-20(23-15-18-5-12-27-16-18)22-14-17-3-2-4-19(13-17)26-11-8-24-6-9-25-10-7-24/h2-5,12-13,16H,6-11,14-15H2,1H3,(H2,21,22,23). The van der Waals surface area contributed by atoms with Crippen LogP contribution in [0.5, 0.6) is 5.75 Å². The molecule has 146 valence electrons. The lowest BCUT2D eigenvalue weighted by molar-refractivity contribution is 0.0322. The van der Waals surface area contributed by atoms with E-state index < -0.39 is 0 Å². The fraction of sp³-hybridized carbons (Fsp3) is 0.450. The van der Waals surface area contributed by atoms with E-state index >= 15 is 0 Å². The van der Waals surface area contributed by atoms with Crippen LogP contribution in [0.25, 0.3) is 0 Å². The van der Waals surface area contributed by atoms with Gasteiger partial charge in [0.2, 0.25) is 0 Å². The lowest BCUT2D eigenvalue weighted by atomic mass is 10.2. The highest BCUT2D eigenvalue weighted by Crippen LogP contribution is 2.13. The van der Waals surface area contributed by atoms with Gasteiger partial charge in [0.15, 0.2) is 5.96 Å². The molecule has 1 aromatic carbocycles. The van der Waals surface area contributed by atoms with Gasteiger partial charge in [0, 0.05) is 39.8 Å². The Hall–Kier alpha value is -2.09. The Morgan fingerprint density at radius 2 is 2.00 bits per heavy atom. The minimum Gasteiger partial charge on any atom is -0.492 e. The molecule has 0 radical (unpaired) electrons. The molecule has 1 aliphatic rings. The first-order valence-electron chi connectivity index (χ1n) is 9.31. The first-order valence-corrected chi connectivity index (χ1v) is 10.3. The second kappa shape index (κ2) is 10.9. The lowest BCUT2D eigenvalue weighted by Gasteiger charge is -2.26. The van der Waals surface area contributed by atoms with Gasteiger partial charge >= 0.3 is 0 Å². The quantitative estimate of drug-likeness (QED) is 0.537. The van der Waals surface area contributed by atoms with Crippen molar-refractivity contribution in [2.24, 2.45) is 4.99 Å². The zero-order chi connectivity index (χ0) is 18.7. The smallest absolute Gasteiger partial charge is 0.191 e. The van der Waals surface area contributed by atoms with Crippen molar-refractivity contribution in [2.45, 2.75) is 13.1 Å². The minimum absolute atomic E-state index is 0.695. The van der Waals surface area contributed by atoms with Gasteiger partial charge < -0.3 is 20.1 Å². The maximum atomic E-state index is 5.92. The predicted octanol–water partition coefficient (Wildman–Crippen LogP) is 2.32. The largest absolute Gasteiger partial charge is 0.492 e. The molecule has 1 fully saturated rings. The van der Waals surface area contributed by atoms with Crippen molar-refractivity contribution in [1.29, 1.82) is 0 Å². The number of guanidine groups is 1. The van der Waals surface area contributed by atoms with Crippen molar-refractivity contribution in [3.05, 3.63) is 52.2 Å². The van der Waals surface area contributed by atoms with Gasteiger partial charge in [-0.25, -0.2) is 0 Å². The van der Waals surface area contributed by atoms with Gasteiger partial charge in [0.25, 0.3) is 0 Å². The Labute approximate surface area is 165 Å². The summed E-state index contributed by atoms with van der Waals surface area (Å²) < 4.78 is 11.3. The summed E-state index contributed by atoms with van der Waals surface area (Å²) in [5.41, 5.74) is 2.43. The SMILES string of the molecule is CN=C(NCc1ccsc1)NCc1cccc(OCCN2CCOCC2)c1. The molecule has 2 aromatic rings. The average molecular weight is 389 g/mol. The van der Waals surface area contributed by atoms with E-state index in [1.54, 1.807) is 18.4 Å². The van der Waals surface area contributed by atoms with Gasteiger partial charge in [0.05, 0.1) is 13.2 Å². The van der Waals surface area contributed by atoms with E-state index in [0.29, 0.717) is 13.2 Å². The van der Waals surface area contributed by atoms with E-state index in [1.165, 1.54) is 5.56 Å². The molecule has 0 unspecified atom stereocenters. The van der Waals surface area contributed by atoms with Gasteiger partial charge in [-0.2, -0.15) is 11.3 Å². The van der Waals surface area contributed by atoms with Crippen LogP contribution in [0.4, 0.5) is 0 Å². The molecule has 27 heavy (non-hydrogen) atoms. The van der Waals surface area contributed by atoms with E-state index in [0.717, 1.165) is 56.7 Å². The topological polar surface area (TPSA) is 58.1 Å². The van der Waals surface area contributed by atoms with Crippen molar-refractivity contribution >= 4 is 17.3 Å². The maximum Gasteiger partial charge on any atom is 0.191 e. The first kappa shape index (κ1) is 19.7. The zero-order valence-corrected chi connectivity index (χ0v) is 16.6. The van der Waals surface area contributed by atoms with Gasteiger partial charge in [-0.3, -0.25) is 9.89 Å². The molecule has 1 saturated heterocycles. The van der Waals surface area contributed by atoms with E-state index in [4.69, 9.17) is 9.47 Å². The normalized spacial score (nSPS) is 15.5. The maximum absolute atomic E-state index is 5.92. The number of morpholine rings is 1. The monoisotopic (exact) mass is 388 g/mol. The Morgan fingerprint density at radius 3 is 2.74 bits per heavy atom. The number of aliphatic imine (C=N–C) groups is 1. The summed E-state index contributed by atoms with van der Waals surface area (Å²) in [6.45, 7) is 6.73. The number of ether oxygens (including phenoxy) is 2. The van der Waals surface area contributed by atoms with Crippen LogP contribution in [0.1, 0.15) is 11.1 Å². The highest BCUT2D eigenvalue weighted by Gasteiger charge is 2.09. The molecule has 2 N–H and O–H groups in total. The molecule has 0 atom stereocenters. The third-order valence-electron chi connectivity index (χ3n) is 4.40. The van der Waals surface area contributed by atoms with Crippen LogP contribution in [0.3, 0.4) is 0 Å². The van der Waals surface area contributed by atoms with E-state index in [2.05, 4.69) is 49.5 Å². The van der Waals surface area contributed by atoms with Crippen molar-refractivity contribution in [3.8, 4) is 5.75 Å². The van der Waals surface area contributed by atoms with Crippen LogP contribution in [0.15, 0.2) is 46.1 Å². The van der Waals surface area contributed by atoms with E-state index in [1.807, 2.05) is 12.1 Å². The zero-order valence-electron chi connectivity index (χ0n) is 15.8. The highest BCUT2D eigenvalue weighted by molar-refractivity contribution is 7.07. The second-order valence-corrected chi connectivity index (χ2v) is 7.14. The van der Waals surface area contributed by atoms with Gasteiger partial charge in [-0.05, 0) is 40.1 Å². The molecule has 6 nitrogen and oxygen atoms in total. The molecule has 0 amide bonds. The summed E-state index contributed by atoms with van der Waals surface area (Å²) in [7, 11) is 1.79. The third-order valence-corrected chi connectivity index (χ3v) is 5.13. The molecule has 2 heterocycles. The summed E-state index contributed by atoms with van der Waals surface area (Å²) in [4.78, 5) is 6.65. The first-order chi connectivity index (χ1) is 13.3. The predicted molar refractivity (Wildman–Crippen MR) is 111 cm³/mol. The molecule has 0 aliphatic carbocycles. The number of hydrogen-bond donors (Lipinski definition) is 2. The average Bonchev–Trinajstić information content (AvgIpc) is 3.23. The number of benzene rings is 1. The van der Waals surface area contributed by atoms with Crippen molar-refractivity contribution in [1.82, 2.24) is 15.5 Å². The molecule has 7 heteroatoms. The Bertz CT molecular complexity index is 700. The number of hydrogen-bond acceptors (Lipinski definition) is 5. The summed E-state index contributed by atoms with van der Waals surface area (Å²) in [6, 6.07) is 10.3. The molecular weight excluding hydrogens is 360 g/mol. The Kier molecular flexibility index (Phi) is 7.95. The van der Waals surface area contributed by atoms with E-state index in [-0.39, 0.29) is 0 Å². The highest BCUT2D eigenvalue weighted by atomic mass is 32.1. The molecule has 3 rings (SSSR count). The molecule has 0 spiro atoms. The van der Waals surface area contributed by atoms with Gasteiger partial charge in [0.1, 0.15) is 12.4 Å². The number of nitrogens with zero attached hydrogens (tertiary/aromatic N) is 2. The van der Waals surface area contributed by atoms with E-state index in [9.17, 15) is 0 Å². The van der Waals surface area contributed by atoms with Crippen LogP contribution in [0, 0.1) is 0 Å². The molecular formula is C20H28N4O2S. The Morgan fingerprint density at radius 1 is 1.19 bits per heavy atom. The lowest BCUT2D eigenvalue weighted by Crippen LogP contribution is -2.38. The Balaban J connectivity index is 1.41. The van der Waals surface area contributed by atoms with Gasteiger partial charge in [-0.1, -0.05) is 12.1 Å². The fourth-order valence-corrected chi connectivity index (χ4v) is 3.52. The summed E-state index contributed by atoms with van der Waals surface area (Å²) in [5.74, 6) is 1.70. The second-order valence-electron chi connectivity index (χ2n) is 6.36. The third kappa shape index (κ3) is 6.86. The molecule has 1 aliphatic heterocycles. The molecule has 0 saturated carbocycles. The van der Waals surface area contributed by atoms with Crippen molar-refractivity contribution < 1.29 is 9.47 Å². The van der Waals surface area contributed by atoms with Crippen LogP contribution < -0.4 is 15.4 Å². The van der Waals surface area contributed by atoms with Crippen molar-refractivity contribution in [2.75, 3.05) is 46.5 Å². The van der Waals surface area contributed by atoms with Crippen LogP contribution in [0.2, 0.25) is 0 Å². The van der Waals surface area contributed by atoms with Crippen LogP contribution >= 0.6 is 11.3 Å². The summed E-state index contributed by atoms with van der Waals surface area (Å²) in [6.07, 6.45) is 0. The fourth-order valence-electron chi connectivity index (χ4n) is 2.85. The summed E-state index contributed by atoms with van der Waals surface area (Å²) >= 11 is 1.70. The van der Waals surface area contributed by atoms with Crippen LogP contribution in [-0.2, 0) is 17.8 Å². The van der Waals surface area contributed by atoms with Crippen molar-refractivity contribution in [3.63, 3.8) is 0 Å². The number of rotatable bonds is 8. The van der Waals surface area contributed by atoms with Gasteiger partial charge in [-0.15, -0.1) is 0 Å². The number of nitrogens with one attached hydrogen (secondary N) is 2. The molecule has 0 bridgehead atoms. The number of thiophene rings is 1.